The van der Waals surface area contributed by atoms with E-state index in [4.69, 9.17) is 4.74 Å². The van der Waals surface area contributed by atoms with Crippen molar-refractivity contribution < 1.29 is 47.9 Å². The minimum absolute atomic E-state index is 0.109. The quantitative estimate of drug-likeness (QED) is 0.683. The highest BCUT2D eigenvalue weighted by Gasteiger charge is 2.60. The molecule has 0 bridgehead atoms. The molecule has 0 amide bonds. The summed E-state index contributed by atoms with van der Waals surface area (Å²) in [6.45, 7) is -0.738. The van der Waals surface area contributed by atoms with Crippen LogP contribution in [0.4, 0.5) is 26.3 Å². The molecule has 22 heavy (non-hydrogen) atoms. The number of hydrogen-bond donors (Lipinski definition) is 0. The molecule has 0 saturated carbocycles. The van der Waals surface area contributed by atoms with E-state index in [1.54, 1.807) is 0 Å². The summed E-state index contributed by atoms with van der Waals surface area (Å²) in [4.78, 5) is 0.700. The molecule has 1 heterocycles. The van der Waals surface area contributed by atoms with Crippen LogP contribution in [-0.2, 0) is 24.4 Å². The van der Waals surface area contributed by atoms with Crippen molar-refractivity contribution in [1.29, 1.82) is 0 Å². The van der Waals surface area contributed by atoms with E-state index in [9.17, 15) is 43.2 Å². The summed E-state index contributed by atoms with van der Waals surface area (Å²) in [5.74, 6) is 0. The zero-order chi connectivity index (χ0) is 17.4. The van der Waals surface area contributed by atoms with Gasteiger partial charge < -0.3 is 9.64 Å². The lowest BCUT2D eigenvalue weighted by Gasteiger charge is -2.26. The van der Waals surface area contributed by atoms with Crippen molar-refractivity contribution in [1.82, 2.24) is 4.90 Å². The monoisotopic (exact) mass is 377 g/mol. The number of hydrogen-bond acceptors (Lipinski definition) is 6. The first-order chi connectivity index (χ1) is 9.71. The molecule has 6 nitrogen and oxygen atoms in total. The average molecular weight is 377 g/mol. The number of rotatable bonds is 3. The molecule has 1 saturated heterocycles. The second-order valence-electron chi connectivity index (χ2n) is 3.99. The molecule has 0 radical (unpaired) electrons. The topological polar surface area (TPSA) is 80.8 Å². The minimum atomic E-state index is -6.71. The summed E-state index contributed by atoms with van der Waals surface area (Å²) in [6, 6.07) is 0. The van der Waals surface area contributed by atoms with Crippen molar-refractivity contribution in [2.24, 2.45) is 0 Å². The van der Waals surface area contributed by atoms with Gasteiger partial charge >= 0.3 is 11.0 Å². The standard InChI is InChI=1S/C8H9F6NO5S2/c9-7(10,11)21(16,17)6(22(18,19)8(12,13)14)5-15-1-3-20-4-2-15/h5H,1-4H2. The SMILES string of the molecule is O=S(=O)(C(=CN1CCOCC1)S(=O)(=O)C(F)(F)F)C(F)(F)F. The van der Waals surface area contributed by atoms with E-state index >= 15 is 0 Å². The van der Waals surface area contributed by atoms with Gasteiger partial charge in [0.1, 0.15) is 0 Å². The fraction of sp³-hybridized carbons (Fsp3) is 0.750. The number of ether oxygens (including phenoxy) is 1. The van der Waals surface area contributed by atoms with Gasteiger partial charge in [0.2, 0.25) is 0 Å². The van der Waals surface area contributed by atoms with Crippen molar-refractivity contribution in [3.63, 3.8) is 0 Å². The van der Waals surface area contributed by atoms with Crippen LogP contribution in [0.3, 0.4) is 0 Å². The van der Waals surface area contributed by atoms with Crippen molar-refractivity contribution in [2.75, 3.05) is 26.3 Å². The Hall–Kier alpha value is -1.02. The molecule has 14 heteroatoms. The largest absolute Gasteiger partial charge is 0.502 e. The van der Waals surface area contributed by atoms with Crippen LogP contribution in [0.1, 0.15) is 0 Å². The number of alkyl halides is 6. The zero-order valence-corrected chi connectivity index (χ0v) is 12.1. The highest BCUT2D eigenvalue weighted by atomic mass is 32.3. The molecule has 0 aromatic rings. The third-order valence-electron chi connectivity index (χ3n) is 2.47. The van der Waals surface area contributed by atoms with E-state index in [-0.39, 0.29) is 32.5 Å². The smallest absolute Gasteiger partial charge is 0.378 e. The lowest BCUT2D eigenvalue weighted by Crippen LogP contribution is -2.38. The maximum Gasteiger partial charge on any atom is 0.502 e. The Morgan fingerprint density at radius 2 is 1.23 bits per heavy atom. The van der Waals surface area contributed by atoms with E-state index in [1.165, 1.54) is 0 Å². The van der Waals surface area contributed by atoms with Gasteiger partial charge in [0.05, 0.1) is 13.2 Å². The van der Waals surface area contributed by atoms with Crippen molar-refractivity contribution >= 4 is 19.7 Å². The number of morpholine rings is 1. The van der Waals surface area contributed by atoms with Crippen LogP contribution in [0.5, 0.6) is 0 Å². The first kappa shape index (κ1) is 19.0. The average Bonchev–Trinajstić information content (AvgIpc) is 2.34. The van der Waals surface area contributed by atoms with Gasteiger partial charge in [0.25, 0.3) is 19.7 Å². The van der Waals surface area contributed by atoms with Gasteiger partial charge in [0.15, 0.2) is 4.24 Å². The van der Waals surface area contributed by atoms with Gasteiger partial charge in [-0.05, 0) is 0 Å². The second-order valence-corrected chi connectivity index (χ2v) is 8.07. The van der Waals surface area contributed by atoms with Crippen LogP contribution in [0.25, 0.3) is 0 Å². The first-order valence-electron chi connectivity index (χ1n) is 5.37. The Morgan fingerprint density at radius 3 is 1.55 bits per heavy atom. The molecule has 0 aromatic carbocycles. The molecule has 0 aromatic heterocycles. The fourth-order valence-electron chi connectivity index (χ4n) is 1.37. The molecule has 1 aliphatic rings. The number of nitrogens with zero attached hydrogens (tertiary/aromatic N) is 1. The predicted molar refractivity (Wildman–Crippen MR) is 60.4 cm³/mol. The van der Waals surface area contributed by atoms with Crippen LogP contribution in [0.15, 0.2) is 10.4 Å². The van der Waals surface area contributed by atoms with E-state index < -0.39 is 34.9 Å². The van der Waals surface area contributed by atoms with E-state index in [0.29, 0.717) is 4.90 Å². The van der Waals surface area contributed by atoms with E-state index in [2.05, 4.69) is 0 Å². The maximum absolute atomic E-state index is 12.5. The molecule has 1 fully saturated rings. The summed E-state index contributed by atoms with van der Waals surface area (Å²) in [5.41, 5.74) is -12.4. The molecule has 0 spiro atoms. The maximum atomic E-state index is 12.5. The fourth-order valence-corrected chi connectivity index (χ4v) is 4.12. The lowest BCUT2D eigenvalue weighted by atomic mass is 10.4. The normalized spacial score (nSPS) is 18.2. The molecule has 1 rings (SSSR count). The van der Waals surface area contributed by atoms with Crippen molar-refractivity contribution in [3.8, 4) is 0 Å². The van der Waals surface area contributed by atoms with Gasteiger partial charge in [-0.3, -0.25) is 0 Å². The highest BCUT2D eigenvalue weighted by molar-refractivity contribution is 8.15. The van der Waals surface area contributed by atoms with Gasteiger partial charge in [0, 0.05) is 19.3 Å². The second kappa shape index (κ2) is 5.88. The highest BCUT2D eigenvalue weighted by Crippen LogP contribution is 2.38. The van der Waals surface area contributed by atoms with Gasteiger partial charge in [-0.25, -0.2) is 16.8 Å². The van der Waals surface area contributed by atoms with Gasteiger partial charge in [-0.2, -0.15) is 26.3 Å². The van der Waals surface area contributed by atoms with Gasteiger partial charge in [-0.1, -0.05) is 0 Å². The van der Waals surface area contributed by atoms with Gasteiger partial charge in [-0.15, -0.1) is 0 Å². The summed E-state index contributed by atoms with van der Waals surface area (Å²) >= 11 is 0. The lowest BCUT2D eigenvalue weighted by molar-refractivity contribution is -0.0445. The summed E-state index contributed by atoms with van der Waals surface area (Å²) in [7, 11) is -13.4. The van der Waals surface area contributed by atoms with Crippen LogP contribution >= 0.6 is 0 Å². The third-order valence-corrected chi connectivity index (χ3v) is 6.28. The van der Waals surface area contributed by atoms with Crippen molar-refractivity contribution in [3.05, 3.63) is 10.4 Å². The molecular formula is C8H9F6NO5S2. The number of sulfone groups is 2. The van der Waals surface area contributed by atoms with Crippen molar-refractivity contribution in [2.45, 2.75) is 11.0 Å². The Kier molecular flexibility index (Phi) is 5.09. The Morgan fingerprint density at radius 1 is 0.864 bits per heavy atom. The minimum Gasteiger partial charge on any atom is -0.378 e. The third kappa shape index (κ3) is 3.65. The Labute approximate surface area is 121 Å². The molecule has 0 atom stereocenters. The summed E-state index contributed by atoms with van der Waals surface area (Å²) in [5, 5.41) is 0. The van der Waals surface area contributed by atoms with Crippen LogP contribution < -0.4 is 0 Å². The number of halogens is 6. The van der Waals surface area contributed by atoms with E-state index in [0.717, 1.165) is 0 Å². The molecule has 0 unspecified atom stereocenters. The molecule has 0 N–H and O–H groups in total. The Balaban J connectivity index is 3.51. The zero-order valence-electron chi connectivity index (χ0n) is 10.5. The molecule has 1 aliphatic heterocycles. The van der Waals surface area contributed by atoms with Crippen LogP contribution in [0.2, 0.25) is 0 Å². The van der Waals surface area contributed by atoms with Crippen LogP contribution in [-0.4, -0.2) is 59.1 Å². The predicted octanol–water partition coefficient (Wildman–Crippen LogP) is 0.987. The molecule has 130 valence electrons. The first-order valence-corrected chi connectivity index (χ1v) is 8.34. The Bertz CT molecular complexity index is 595. The molecular weight excluding hydrogens is 368 g/mol. The summed E-state index contributed by atoms with van der Waals surface area (Å²) in [6.07, 6.45) is -0.159. The van der Waals surface area contributed by atoms with Crippen LogP contribution in [0, 0.1) is 0 Å². The van der Waals surface area contributed by atoms with E-state index in [1.807, 2.05) is 0 Å². The molecule has 0 aliphatic carbocycles. The summed E-state index contributed by atoms with van der Waals surface area (Å²) < 4.78 is 121.